The van der Waals surface area contributed by atoms with Gasteiger partial charge in [-0.1, -0.05) is 38.8 Å². The van der Waals surface area contributed by atoms with Gasteiger partial charge in [0.2, 0.25) is 0 Å². The fourth-order valence-corrected chi connectivity index (χ4v) is 3.88. The Hall–Kier alpha value is -0.760. The number of hydrogen-bond donors (Lipinski definition) is 0. The summed E-state index contributed by atoms with van der Waals surface area (Å²) in [6.45, 7) is 24.5. The van der Waals surface area contributed by atoms with Gasteiger partial charge in [-0.2, -0.15) is 0 Å². The molecule has 0 saturated carbocycles. The fourth-order valence-electron chi connectivity index (χ4n) is 3.88. The van der Waals surface area contributed by atoms with Crippen molar-refractivity contribution in [2.75, 3.05) is 6.54 Å². The Kier molecular flexibility index (Phi) is 7.38. The van der Waals surface area contributed by atoms with Crippen LogP contribution in [0.25, 0.3) is 0 Å². The molecule has 134 valence electrons. The maximum atomic E-state index is 2.59. The lowest BCUT2D eigenvalue weighted by Gasteiger charge is -2.47. The van der Waals surface area contributed by atoms with Crippen LogP contribution in [0.3, 0.4) is 0 Å². The first-order valence-electron chi connectivity index (χ1n) is 9.56. The van der Waals surface area contributed by atoms with E-state index in [0.717, 1.165) is 6.54 Å². The van der Waals surface area contributed by atoms with Gasteiger partial charge in [-0.25, -0.2) is 5.01 Å². The topological polar surface area (TPSA) is 6.48 Å². The number of hydrogen-bond acceptors (Lipinski definition) is 2. The average Bonchev–Trinajstić information content (AvgIpc) is 2.35. The number of allylic oxidation sites excluding steroid dienone is 3. The summed E-state index contributed by atoms with van der Waals surface area (Å²) in [6, 6.07) is 1.00. The molecular weight excluding hydrogens is 280 g/mol. The van der Waals surface area contributed by atoms with Gasteiger partial charge in [0, 0.05) is 18.6 Å². The largest absolute Gasteiger partial charge is 0.303 e. The molecule has 0 N–H and O–H groups in total. The Morgan fingerprint density at radius 3 is 1.74 bits per heavy atom. The first-order chi connectivity index (χ1) is 10.6. The van der Waals surface area contributed by atoms with Gasteiger partial charge in [-0.05, 0) is 71.8 Å². The van der Waals surface area contributed by atoms with Crippen molar-refractivity contribution in [3.63, 3.8) is 0 Å². The van der Waals surface area contributed by atoms with Gasteiger partial charge in [0.25, 0.3) is 0 Å². The summed E-state index contributed by atoms with van der Waals surface area (Å²) < 4.78 is 0. The van der Waals surface area contributed by atoms with E-state index in [1.54, 1.807) is 11.1 Å². The van der Waals surface area contributed by atoms with Gasteiger partial charge >= 0.3 is 0 Å². The van der Waals surface area contributed by atoms with Crippen molar-refractivity contribution in [3.8, 4) is 0 Å². The number of hydrazine groups is 1. The molecule has 0 spiro atoms. The molecule has 1 aliphatic rings. The van der Waals surface area contributed by atoms with Gasteiger partial charge in [-0.15, -0.1) is 0 Å². The molecule has 0 amide bonds. The molecule has 2 nitrogen and oxygen atoms in total. The van der Waals surface area contributed by atoms with E-state index in [-0.39, 0.29) is 0 Å². The first kappa shape index (κ1) is 20.3. The number of rotatable bonds is 4. The van der Waals surface area contributed by atoms with Crippen LogP contribution in [0, 0.1) is 11.8 Å². The van der Waals surface area contributed by atoms with Gasteiger partial charge in [-0.3, -0.25) is 0 Å². The van der Waals surface area contributed by atoms with E-state index >= 15 is 0 Å². The summed E-state index contributed by atoms with van der Waals surface area (Å²) in [4.78, 5) is 0. The Labute approximate surface area is 145 Å². The summed E-state index contributed by atoms with van der Waals surface area (Å²) in [7, 11) is 0. The Morgan fingerprint density at radius 2 is 1.39 bits per heavy atom. The first-order valence-corrected chi connectivity index (χ1v) is 9.56. The molecule has 23 heavy (non-hydrogen) atoms. The summed E-state index contributed by atoms with van der Waals surface area (Å²) in [5.74, 6) is 1.19. The zero-order chi connectivity index (χ0) is 17.9. The standard InChI is InChI=1S/C21H40N2/c1-14(2)19-12-11-13-22(17(7)8)23(18(9)10)21(16(5)6)20(19)15(3)4/h14-15,17-18H,11-13H2,1-10H3/b20-19+. The third kappa shape index (κ3) is 4.62. The highest BCUT2D eigenvalue weighted by atomic mass is 15.6. The van der Waals surface area contributed by atoms with Crippen molar-refractivity contribution in [2.45, 2.75) is 94.2 Å². The molecule has 0 aliphatic carbocycles. The van der Waals surface area contributed by atoms with Crippen LogP contribution in [0.1, 0.15) is 82.1 Å². The van der Waals surface area contributed by atoms with E-state index in [0.29, 0.717) is 23.9 Å². The fraction of sp³-hybridized carbons (Fsp3) is 0.810. The van der Waals surface area contributed by atoms with E-state index in [9.17, 15) is 0 Å². The SMILES string of the molecule is CC(C)=C1/C(C(C)C)=C(/C(C)C)CCCN(C(C)C)N1C(C)C. The zero-order valence-corrected chi connectivity index (χ0v) is 17.3. The summed E-state index contributed by atoms with van der Waals surface area (Å²) in [5, 5.41) is 5.18. The van der Waals surface area contributed by atoms with E-state index in [2.05, 4.69) is 79.3 Å². The van der Waals surface area contributed by atoms with Gasteiger partial charge in [0.1, 0.15) is 0 Å². The molecule has 0 unspecified atom stereocenters. The third-order valence-corrected chi connectivity index (χ3v) is 4.77. The third-order valence-electron chi connectivity index (χ3n) is 4.77. The van der Waals surface area contributed by atoms with E-state index in [1.807, 2.05) is 0 Å². The minimum atomic E-state index is 0.475. The molecule has 0 saturated heterocycles. The molecular formula is C21H40N2. The lowest BCUT2D eigenvalue weighted by atomic mass is 9.83. The lowest BCUT2D eigenvalue weighted by molar-refractivity contribution is -0.0460. The minimum Gasteiger partial charge on any atom is -0.303 e. The van der Waals surface area contributed by atoms with Crippen LogP contribution in [-0.4, -0.2) is 28.6 Å². The Balaban J connectivity index is 3.65. The molecule has 0 aromatic rings. The quantitative estimate of drug-likeness (QED) is 0.625. The van der Waals surface area contributed by atoms with Crippen LogP contribution in [0.5, 0.6) is 0 Å². The lowest BCUT2D eigenvalue weighted by Crippen LogP contribution is -2.51. The predicted octanol–water partition coefficient (Wildman–Crippen LogP) is 6.02. The molecule has 1 rings (SSSR count). The number of nitrogens with zero attached hydrogens (tertiary/aromatic N) is 2. The van der Waals surface area contributed by atoms with Crippen LogP contribution < -0.4 is 0 Å². The molecule has 0 aromatic carbocycles. The molecule has 2 heteroatoms. The van der Waals surface area contributed by atoms with Crippen LogP contribution in [0.4, 0.5) is 0 Å². The van der Waals surface area contributed by atoms with Crippen molar-refractivity contribution in [3.05, 3.63) is 22.4 Å². The highest BCUT2D eigenvalue weighted by Crippen LogP contribution is 2.37. The molecule has 1 aliphatic heterocycles. The average molecular weight is 321 g/mol. The van der Waals surface area contributed by atoms with Crippen molar-refractivity contribution < 1.29 is 0 Å². The predicted molar refractivity (Wildman–Crippen MR) is 103 cm³/mol. The van der Waals surface area contributed by atoms with Crippen molar-refractivity contribution >= 4 is 0 Å². The zero-order valence-electron chi connectivity index (χ0n) is 17.3. The molecule has 0 aromatic heterocycles. The molecule has 0 bridgehead atoms. The maximum Gasteiger partial charge on any atom is 0.0545 e. The minimum absolute atomic E-state index is 0.475. The molecule has 0 fully saturated rings. The van der Waals surface area contributed by atoms with Gasteiger partial charge < -0.3 is 5.01 Å². The van der Waals surface area contributed by atoms with Crippen molar-refractivity contribution in [2.24, 2.45) is 11.8 Å². The van der Waals surface area contributed by atoms with E-state index < -0.39 is 0 Å². The van der Waals surface area contributed by atoms with Gasteiger partial charge in [0.15, 0.2) is 0 Å². The Bertz CT molecular complexity index is 448. The highest BCUT2D eigenvalue weighted by Gasteiger charge is 2.31. The molecule has 0 radical (unpaired) electrons. The monoisotopic (exact) mass is 320 g/mol. The van der Waals surface area contributed by atoms with E-state index in [4.69, 9.17) is 0 Å². The Morgan fingerprint density at radius 1 is 0.826 bits per heavy atom. The maximum absolute atomic E-state index is 2.59. The summed E-state index contributed by atoms with van der Waals surface area (Å²) >= 11 is 0. The highest BCUT2D eigenvalue weighted by molar-refractivity contribution is 5.39. The molecule has 1 heterocycles. The van der Waals surface area contributed by atoms with Crippen molar-refractivity contribution in [1.82, 2.24) is 10.0 Å². The van der Waals surface area contributed by atoms with Crippen LogP contribution in [0.15, 0.2) is 22.4 Å². The van der Waals surface area contributed by atoms with Crippen LogP contribution in [0.2, 0.25) is 0 Å². The summed E-state index contributed by atoms with van der Waals surface area (Å²) in [6.07, 6.45) is 2.48. The van der Waals surface area contributed by atoms with Gasteiger partial charge in [0.05, 0.1) is 5.70 Å². The van der Waals surface area contributed by atoms with Crippen LogP contribution in [-0.2, 0) is 0 Å². The second kappa shape index (κ2) is 8.37. The smallest absolute Gasteiger partial charge is 0.0545 e. The summed E-state index contributed by atoms with van der Waals surface area (Å²) in [5.41, 5.74) is 6.18. The second-order valence-electron chi connectivity index (χ2n) is 8.40. The normalized spacial score (nSPS) is 21.7. The van der Waals surface area contributed by atoms with E-state index in [1.165, 1.54) is 24.1 Å². The van der Waals surface area contributed by atoms with Crippen LogP contribution >= 0.6 is 0 Å². The van der Waals surface area contributed by atoms with Crippen molar-refractivity contribution in [1.29, 1.82) is 0 Å². The molecule has 0 atom stereocenters. The second-order valence-corrected chi connectivity index (χ2v) is 8.40.